The highest BCUT2D eigenvalue weighted by molar-refractivity contribution is 6.32. The maximum Gasteiger partial charge on any atom is 0.258 e. The van der Waals surface area contributed by atoms with E-state index in [-0.39, 0.29) is 11.1 Å². The molecule has 0 saturated carbocycles. The zero-order valence-corrected chi connectivity index (χ0v) is 12.3. The maximum atomic E-state index is 12.3. The van der Waals surface area contributed by atoms with Crippen molar-refractivity contribution >= 4 is 17.5 Å². The van der Waals surface area contributed by atoms with Crippen molar-refractivity contribution in [2.75, 3.05) is 26.2 Å². The van der Waals surface area contributed by atoms with Crippen molar-refractivity contribution in [1.29, 1.82) is 0 Å². The van der Waals surface area contributed by atoms with Crippen molar-refractivity contribution in [3.05, 3.63) is 53.2 Å². The fourth-order valence-corrected chi connectivity index (χ4v) is 2.67. The number of pyridine rings is 1. The van der Waals surface area contributed by atoms with Gasteiger partial charge in [0.05, 0.1) is 11.8 Å². The summed E-state index contributed by atoms with van der Waals surface area (Å²) in [5.41, 5.74) is 1.68. The second kappa shape index (κ2) is 6.28. The molecule has 0 bridgehead atoms. The molecule has 0 N–H and O–H groups in total. The highest BCUT2D eigenvalue weighted by atomic mass is 35.5. The number of amides is 1. The number of piperazine rings is 1. The van der Waals surface area contributed by atoms with Gasteiger partial charge in [0.2, 0.25) is 5.22 Å². The molecule has 1 aliphatic heterocycles. The quantitative estimate of drug-likeness (QED) is 0.873. The third-order valence-electron chi connectivity index (χ3n) is 3.66. The minimum absolute atomic E-state index is 0.0580. The summed E-state index contributed by atoms with van der Waals surface area (Å²) in [4.78, 5) is 20.5. The number of hydrogen-bond donors (Lipinski definition) is 0. The average Bonchev–Trinajstić information content (AvgIpc) is 2.94. The molecule has 110 valence electrons. The molecule has 0 atom stereocenters. The number of nitrogens with zero attached hydrogens (tertiary/aromatic N) is 3. The minimum atomic E-state index is -0.0580. The van der Waals surface area contributed by atoms with Gasteiger partial charge in [-0.15, -0.1) is 0 Å². The van der Waals surface area contributed by atoms with Crippen molar-refractivity contribution in [2.24, 2.45) is 0 Å². The molecule has 5 nitrogen and oxygen atoms in total. The number of carbonyl (C=O) groups excluding carboxylic acids is 1. The first-order valence-corrected chi connectivity index (χ1v) is 7.25. The van der Waals surface area contributed by atoms with E-state index in [4.69, 9.17) is 16.0 Å². The Morgan fingerprint density at radius 2 is 1.90 bits per heavy atom. The molecule has 2 aromatic heterocycles. The van der Waals surface area contributed by atoms with Crippen LogP contribution in [0.3, 0.4) is 0 Å². The Kier molecular flexibility index (Phi) is 4.22. The molecule has 0 spiro atoms. The highest BCUT2D eigenvalue weighted by Gasteiger charge is 2.24. The summed E-state index contributed by atoms with van der Waals surface area (Å²) in [6.45, 7) is 3.99. The van der Waals surface area contributed by atoms with Crippen LogP contribution in [0.2, 0.25) is 5.22 Å². The number of carbonyl (C=O) groups is 1. The van der Waals surface area contributed by atoms with Crippen molar-refractivity contribution in [3.8, 4) is 0 Å². The normalized spacial score (nSPS) is 16.1. The van der Waals surface area contributed by atoms with Gasteiger partial charge in [-0.1, -0.05) is 0 Å². The molecule has 1 fully saturated rings. The molecular weight excluding hydrogens is 290 g/mol. The van der Waals surface area contributed by atoms with Crippen LogP contribution < -0.4 is 0 Å². The standard InChI is InChI=1S/C15H16ClN3O2/c16-14-13(3-10-21-14)15(20)19-8-6-18(7-9-19)11-12-1-4-17-5-2-12/h1-5,10H,6-9,11H2. The van der Waals surface area contributed by atoms with Gasteiger partial charge in [0.25, 0.3) is 5.91 Å². The minimum Gasteiger partial charge on any atom is -0.452 e. The van der Waals surface area contributed by atoms with E-state index in [1.807, 2.05) is 17.0 Å². The molecular formula is C15H16ClN3O2. The van der Waals surface area contributed by atoms with Crippen molar-refractivity contribution in [2.45, 2.75) is 6.54 Å². The summed E-state index contributed by atoms with van der Waals surface area (Å²) in [6.07, 6.45) is 5.04. The van der Waals surface area contributed by atoms with E-state index >= 15 is 0 Å². The fraction of sp³-hybridized carbons (Fsp3) is 0.333. The fourth-order valence-electron chi connectivity index (χ4n) is 2.47. The smallest absolute Gasteiger partial charge is 0.258 e. The zero-order chi connectivity index (χ0) is 14.7. The van der Waals surface area contributed by atoms with Gasteiger partial charge in [0, 0.05) is 45.1 Å². The predicted molar refractivity (Wildman–Crippen MR) is 79.1 cm³/mol. The largest absolute Gasteiger partial charge is 0.452 e. The number of hydrogen-bond acceptors (Lipinski definition) is 4. The first-order chi connectivity index (χ1) is 10.2. The van der Waals surface area contributed by atoms with Crippen molar-refractivity contribution in [1.82, 2.24) is 14.8 Å². The van der Waals surface area contributed by atoms with Crippen molar-refractivity contribution in [3.63, 3.8) is 0 Å². The van der Waals surface area contributed by atoms with Gasteiger partial charge in [-0.3, -0.25) is 14.7 Å². The first-order valence-electron chi connectivity index (χ1n) is 6.87. The van der Waals surface area contributed by atoms with Crippen molar-refractivity contribution < 1.29 is 9.21 Å². The van der Waals surface area contributed by atoms with E-state index in [0.717, 1.165) is 19.6 Å². The predicted octanol–water partition coefficient (Wildman–Crippen LogP) is 2.29. The molecule has 0 unspecified atom stereocenters. The van der Waals surface area contributed by atoms with E-state index in [1.54, 1.807) is 18.5 Å². The van der Waals surface area contributed by atoms with Gasteiger partial charge in [-0.2, -0.15) is 0 Å². The molecule has 0 radical (unpaired) electrons. The van der Waals surface area contributed by atoms with Crippen LogP contribution in [0.4, 0.5) is 0 Å². The second-order valence-corrected chi connectivity index (χ2v) is 5.38. The van der Waals surface area contributed by atoms with Crippen LogP contribution in [0.25, 0.3) is 0 Å². The van der Waals surface area contributed by atoms with Gasteiger partial charge in [-0.05, 0) is 35.4 Å². The van der Waals surface area contributed by atoms with Gasteiger partial charge in [0.15, 0.2) is 0 Å². The number of furan rings is 1. The van der Waals surface area contributed by atoms with Crippen LogP contribution in [0, 0.1) is 0 Å². The summed E-state index contributed by atoms with van der Waals surface area (Å²) in [5.74, 6) is -0.0580. The number of aromatic nitrogens is 1. The summed E-state index contributed by atoms with van der Waals surface area (Å²) in [6, 6.07) is 5.65. The number of halogens is 1. The molecule has 1 amide bonds. The molecule has 0 aliphatic carbocycles. The van der Waals surface area contributed by atoms with E-state index in [0.29, 0.717) is 18.7 Å². The lowest BCUT2D eigenvalue weighted by molar-refractivity contribution is 0.0628. The summed E-state index contributed by atoms with van der Waals surface area (Å²) in [5, 5.41) is 0.166. The molecule has 2 aromatic rings. The Labute approximate surface area is 128 Å². The number of rotatable bonds is 3. The summed E-state index contributed by atoms with van der Waals surface area (Å²) < 4.78 is 4.98. The molecule has 0 aromatic carbocycles. The zero-order valence-electron chi connectivity index (χ0n) is 11.5. The molecule has 3 rings (SSSR count). The topological polar surface area (TPSA) is 49.6 Å². The van der Waals surface area contributed by atoms with Crippen LogP contribution in [0.1, 0.15) is 15.9 Å². The van der Waals surface area contributed by atoms with Crippen LogP contribution in [0.5, 0.6) is 0 Å². The van der Waals surface area contributed by atoms with Crippen LogP contribution >= 0.6 is 11.6 Å². The van der Waals surface area contributed by atoms with Crippen LogP contribution in [-0.2, 0) is 6.54 Å². The Hall–Kier alpha value is -1.85. The van der Waals surface area contributed by atoms with Gasteiger partial charge >= 0.3 is 0 Å². The lowest BCUT2D eigenvalue weighted by atomic mass is 10.2. The van der Waals surface area contributed by atoms with Gasteiger partial charge in [0.1, 0.15) is 0 Å². The molecule has 1 saturated heterocycles. The molecule has 6 heteroatoms. The third-order valence-corrected chi connectivity index (χ3v) is 3.96. The van der Waals surface area contributed by atoms with E-state index in [1.165, 1.54) is 11.8 Å². The molecule has 3 heterocycles. The molecule has 1 aliphatic rings. The van der Waals surface area contributed by atoms with Gasteiger partial charge in [-0.25, -0.2) is 0 Å². The lowest BCUT2D eigenvalue weighted by Crippen LogP contribution is -2.48. The van der Waals surface area contributed by atoms with E-state index in [2.05, 4.69) is 9.88 Å². The van der Waals surface area contributed by atoms with E-state index in [9.17, 15) is 4.79 Å². The Morgan fingerprint density at radius 1 is 1.19 bits per heavy atom. The average molecular weight is 306 g/mol. The second-order valence-electron chi connectivity index (χ2n) is 5.03. The first kappa shape index (κ1) is 14.1. The Morgan fingerprint density at radius 3 is 2.52 bits per heavy atom. The highest BCUT2D eigenvalue weighted by Crippen LogP contribution is 2.19. The maximum absolute atomic E-state index is 12.3. The monoisotopic (exact) mass is 305 g/mol. The SMILES string of the molecule is O=C(c1ccoc1Cl)N1CCN(Cc2ccncc2)CC1. The van der Waals surface area contributed by atoms with Gasteiger partial charge < -0.3 is 9.32 Å². The molecule has 21 heavy (non-hydrogen) atoms. The third kappa shape index (κ3) is 3.25. The van der Waals surface area contributed by atoms with Crippen LogP contribution in [0.15, 0.2) is 41.3 Å². The summed E-state index contributed by atoms with van der Waals surface area (Å²) >= 11 is 5.86. The van der Waals surface area contributed by atoms with E-state index < -0.39 is 0 Å². The summed E-state index contributed by atoms with van der Waals surface area (Å²) in [7, 11) is 0. The Bertz CT molecular complexity index is 606. The lowest BCUT2D eigenvalue weighted by Gasteiger charge is -2.34. The van der Waals surface area contributed by atoms with Crippen LogP contribution in [-0.4, -0.2) is 46.9 Å². The Balaban J connectivity index is 1.56.